The van der Waals surface area contributed by atoms with Crippen LogP contribution >= 0.6 is 0 Å². The van der Waals surface area contributed by atoms with E-state index in [1.54, 1.807) is 6.07 Å². The first-order valence-electron chi connectivity index (χ1n) is 5.49. The summed E-state index contributed by atoms with van der Waals surface area (Å²) < 4.78 is 40.8. The number of ketones is 1. The van der Waals surface area contributed by atoms with Crippen molar-refractivity contribution in [3.63, 3.8) is 0 Å². The molecule has 0 bridgehead atoms. The molecule has 0 amide bonds. The highest BCUT2D eigenvalue weighted by atomic mass is 19.4. The zero-order chi connectivity index (χ0) is 15.3. The zero-order valence-corrected chi connectivity index (χ0v) is 10.7. The molecule has 0 aliphatic heterocycles. The Hall–Kier alpha value is -2.31. The van der Waals surface area contributed by atoms with E-state index in [1.165, 1.54) is 32.2 Å². The Morgan fingerprint density at radius 1 is 1.30 bits per heavy atom. The minimum absolute atomic E-state index is 0.00865. The minimum Gasteiger partial charge on any atom is -0.465 e. The van der Waals surface area contributed by atoms with Crippen LogP contribution in [-0.4, -0.2) is 25.0 Å². The van der Waals surface area contributed by atoms with E-state index in [1.807, 2.05) is 0 Å². The molecule has 0 saturated heterocycles. The van der Waals surface area contributed by atoms with Gasteiger partial charge in [0.05, 0.1) is 12.7 Å². The van der Waals surface area contributed by atoms with Crippen LogP contribution in [-0.2, 0) is 9.53 Å². The van der Waals surface area contributed by atoms with E-state index in [-0.39, 0.29) is 11.3 Å². The lowest BCUT2D eigenvalue weighted by molar-refractivity contribution is -0.165. The van der Waals surface area contributed by atoms with E-state index < -0.39 is 17.9 Å². The van der Waals surface area contributed by atoms with Gasteiger partial charge in [-0.2, -0.15) is 13.2 Å². The molecule has 0 spiro atoms. The van der Waals surface area contributed by atoms with Gasteiger partial charge in [-0.1, -0.05) is 6.07 Å². The lowest BCUT2D eigenvalue weighted by Crippen LogP contribution is -2.21. The number of rotatable bonds is 4. The highest BCUT2D eigenvalue weighted by Crippen LogP contribution is 2.18. The van der Waals surface area contributed by atoms with E-state index in [4.69, 9.17) is 0 Å². The van der Waals surface area contributed by atoms with Crippen molar-refractivity contribution in [2.45, 2.75) is 13.1 Å². The van der Waals surface area contributed by atoms with Crippen LogP contribution in [0.1, 0.15) is 17.3 Å². The third kappa shape index (κ3) is 4.42. The summed E-state index contributed by atoms with van der Waals surface area (Å²) >= 11 is 0. The second kappa shape index (κ2) is 6.23. The molecular formula is C13H12F3NO3. The molecular weight excluding hydrogens is 275 g/mol. The van der Waals surface area contributed by atoms with Crippen LogP contribution in [0.3, 0.4) is 0 Å². The maximum absolute atomic E-state index is 12.1. The van der Waals surface area contributed by atoms with Gasteiger partial charge in [0.1, 0.15) is 0 Å². The fourth-order valence-corrected chi connectivity index (χ4v) is 1.38. The monoisotopic (exact) mass is 287 g/mol. The number of allylic oxidation sites excluding steroid dienone is 2. The number of hydrogen-bond acceptors (Lipinski definition) is 4. The van der Waals surface area contributed by atoms with Crippen LogP contribution in [0.2, 0.25) is 0 Å². The maximum atomic E-state index is 12.1. The topological polar surface area (TPSA) is 55.4 Å². The molecule has 4 nitrogen and oxygen atoms in total. The lowest BCUT2D eigenvalue weighted by atomic mass is 10.2. The summed E-state index contributed by atoms with van der Waals surface area (Å²) in [5, 5.41) is 2.60. The molecule has 1 rings (SSSR count). The number of hydrogen-bond donors (Lipinski definition) is 1. The minimum atomic E-state index is -4.91. The van der Waals surface area contributed by atoms with Gasteiger partial charge in [0.2, 0.25) is 0 Å². The molecule has 0 radical (unpaired) electrons. The first-order valence-corrected chi connectivity index (χ1v) is 5.49. The average molecular weight is 287 g/mol. The van der Waals surface area contributed by atoms with Crippen molar-refractivity contribution in [2.24, 2.45) is 0 Å². The molecule has 0 aliphatic carbocycles. The smallest absolute Gasteiger partial charge is 0.454 e. The standard InChI is InChI=1S/C13H12F3NO3/c1-8(6-11(18)13(14,15)16)17-10-5-3-4-9(7-10)12(19)20-2/h3-7,17H,1-2H3/b8-6+. The molecule has 0 saturated carbocycles. The summed E-state index contributed by atoms with van der Waals surface area (Å²) in [5.41, 5.74) is 0.624. The number of nitrogens with one attached hydrogen (secondary N) is 1. The number of carbonyl (C=O) groups is 2. The fourth-order valence-electron chi connectivity index (χ4n) is 1.38. The summed E-state index contributed by atoms with van der Waals surface area (Å²) in [6, 6.07) is 5.98. The van der Waals surface area contributed by atoms with E-state index in [9.17, 15) is 22.8 Å². The van der Waals surface area contributed by atoms with Crippen molar-refractivity contribution in [3.05, 3.63) is 41.6 Å². The summed E-state index contributed by atoms with van der Waals surface area (Å²) in [6.45, 7) is 1.31. The number of halogens is 3. The first kappa shape index (κ1) is 15.7. The Kier molecular flexibility index (Phi) is 4.90. The number of methoxy groups -OCH3 is 1. The van der Waals surface area contributed by atoms with Crippen molar-refractivity contribution < 1.29 is 27.5 Å². The molecule has 1 N–H and O–H groups in total. The molecule has 7 heteroatoms. The van der Waals surface area contributed by atoms with Gasteiger partial charge in [0.25, 0.3) is 5.78 Å². The molecule has 0 fully saturated rings. The van der Waals surface area contributed by atoms with Crippen LogP contribution in [0, 0.1) is 0 Å². The van der Waals surface area contributed by atoms with Crippen molar-refractivity contribution >= 4 is 17.4 Å². The highest BCUT2D eigenvalue weighted by molar-refractivity contribution is 5.95. The predicted molar refractivity (Wildman–Crippen MR) is 66.2 cm³/mol. The van der Waals surface area contributed by atoms with Crippen LogP contribution in [0.4, 0.5) is 18.9 Å². The highest BCUT2D eigenvalue weighted by Gasteiger charge is 2.36. The third-order valence-corrected chi connectivity index (χ3v) is 2.25. The number of esters is 1. The Morgan fingerprint density at radius 3 is 2.50 bits per heavy atom. The van der Waals surface area contributed by atoms with Crippen LogP contribution < -0.4 is 5.32 Å². The van der Waals surface area contributed by atoms with Crippen LogP contribution in [0.25, 0.3) is 0 Å². The van der Waals surface area contributed by atoms with Gasteiger partial charge in [-0.05, 0) is 25.1 Å². The van der Waals surface area contributed by atoms with E-state index >= 15 is 0 Å². The molecule has 0 unspecified atom stereocenters. The Balaban J connectivity index is 2.86. The van der Waals surface area contributed by atoms with Gasteiger partial charge in [-0.3, -0.25) is 4.79 Å². The number of anilines is 1. The van der Waals surface area contributed by atoms with Crippen molar-refractivity contribution in [1.82, 2.24) is 0 Å². The van der Waals surface area contributed by atoms with Crippen molar-refractivity contribution in [2.75, 3.05) is 12.4 Å². The fraction of sp³-hybridized carbons (Fsp3) is 0.231. The van der Waals surface area contributed by atoms with Gasteiger partial charge >= 0.3 is 12.1 Å². The van der Waals surface area contributed by atoms with Crippen molar-refractivity contribution in [1.29, 1.82) is 0 Å². The van der Waals surface area contributed by atoms with Crippen LogP contribution in [0.15, 0.2) is 36.0 Å². The van der Waals surface area contributed by atoms with Gasteiger partial charge in [0, 0.05) is 17.5 Å². The summed E-state index contributed by atoms with van der Waals surface area (Å²) in [6.07, 6.45) is -4.46. The Bertz CT molecular complexity index is 550. The number of carbonyl (C=O) groups excluding carboxylic acids is 2. The zero-order valence-electron chi connectivity index (χ0n) is 10.7. The molecule has 0 aliphatic rings. The molecule has 108 valence electrons. The van der Waals surface area contributed by atoms with Gasteiger partial charge in [0.15, 0.2) is 0 Å². The summed E-state index contributed by atoms with van der Waals surface area (Å²) in [5.74, 6) is -2.52. The molecule has 1 aromatic carbocycles. The van der Waals surface area contributed by atoms with E-state index in [2.05, 4.69) is 10.1 Å². The predicted octanol–water partition coefficient (Wildman–Crippen LogP) is 2.92. The van der Waals surface area contributed by atoms with E-state index in [0.717, 1.165) is 0 Å². The Labute approximate surface area is 113 Å². The van der Waals surface area contributed by atoms with Gasteiger partial charge < -0.3 is 10.1 Å². The quantitative estimate of drug-likeness (QED) is 0.683. The van der Waals surface area contributed by atoms with Crippen LogP contribution in [0.5, 0.6) is 0 Å². The van der Waals surface area contributed by atoms with Crippen molar-refractivity contribution in [3.8, 4) is 0 Å². The number of ether oxygens (including phenoxy) is 1. The second-order valence-electron chi connectivity index (χ2n) is 3.89. The second-order valence-corrected chi connectivity index (χ2v) is 3.89. The van der Waals surface area contributed by atoms with Gasteiger partial charge in [-0.15, -0.1) is 0 Å². The molecule has 0 aromatic heterocycles. The number of alkyl halides is 3. The maximum Gasteiger partial charge on any atom is 0.454 e. The number of benzene rings is 1. The lowest BCUT2D eigenvalue weighted by Gasteiger charge is -2.08. The average Bonchev–Trinajstić information content (AvgIpc) is 2.36. The third-order valence-electron chi connectivity index (χ3n) is 2.25. The Morgan fingerprint density at radius 2 is 1.95 bits per heavy atom. The first-order chi connectivity index (χ1) is 9.24. The largest absolute Gasteiger partial charge is 0.465 e. The molecule has 1 aromatic rings. The molecule has 0 heterocycles. The molecule has 0 atom stereocenters. The van der Waals surface area contributed by atoms with Gasteiger partial charge in [-0.25, -0.2) is 4.79 Å². The summed E-state index contributed by atoms with van der Waals surface area (Å²) in [4.78, 5) is 22.1. The molecule has 20 heavy (non-hydrogen) atoms. The normalized spacial score (nSPS) is 11.9. The SMILES string of the molecule is COC(=O)c1cccc(N/C(C)=C/C(=O)C(F)(F)F)c1. The van der Waals surface area contributed by atoms with E-state index in [0.29, 0.717) is 11.8 Å². The summed E-state index contributed by atoms with van der Waals surface area (Å²) in [7, 11) is 1.22.